The molecule has 1 amide bonds. The third-order valence-corrected chi connectivity index (χ3v) is 6.78. The highest BCUT2D eigenvalue weighted by Gasteiger charge is 2.51. The van der Waals surface area contributed by atoms with Crippen molar-refractivity contribution < 1.29 is 22.8 Å². The Morgan fingerprint density at radius 1 is 1.05 bits per heavy atom. The van der Waals surface area contributed by atoms with E-state index >= 15 is 0 Å². The normalized spacial score (nSPS) is 15.2. The molecule has 1 saturated carbocycles. The van der Waals surface area contributed by atoms with Gasteiger partial charge in [0, 0.05) is 24.6 Å². The van der Waals surface area contributed by atoms with Gasteiger partial charge in [-0.05, 0) is 55.7 Å². The highest BCUT2D eigenvalue weighted by atomic mass is 19.4. The number of halogens is 3. The molecule has 2 aromatic heterocycles. The summed E-state index contributed by atoms with van der Waals surface area (Å²) in [5.41, 5.74) is 2.34. The van der Waals surface area contributed by atoms with Crippen LogP contribution in [0.5, 0.6) is 0 Å². The Kier molecular flexibility index (Phi) is 6.31. The molecule has 6 nitrogen and oxygen atoms in total. The van der Waals surface area contributed by atoms with Crippen LogP contribution in [0.25, 0.3) is 6.08 Å². The van der Waals surface area contributed by atoms with Gasteiger partial charge in [-0.2, -0.15) is 13.2 Å². The number of Topliss-reactive ketones (excluding diaryl/α,β-unsaturated/α-hetero) is 1. The van der Waals surface area contributed by atoms with E-state index in [1.54, 1.807) is 31.3 Å². The first-order valence-corrected chi connectivity index (χ1v) is 12.0. The van der Waals surface area contributed by atoms with Gasteiger partial charge in [-0.3, -0.25) is 19.6 Å². The fraction of sp³-hybridized carbons (Fsp3) is 0.286. The van der Waals surface area contributed by atoms with Gasteiger partial charge in [0.2, 0.25) is 5.91 Å². The van der Waals surface area contributed by atoms with Crippen molar-refractivity contribution in [1.29, 1.82) is 0 Å². The van der Waals surface area contributed by atoms with Gasteiger partial charge in [0.25, 0.3) is 0 Å². The molecule has 37 heavy (non-hydrogen) atoms. The Hall–Kier alpha value is -4.01. The molecule has 0 radical (unpaired) electrons. The summed E-state index contributed by atoms with van der Waals surface area (Å²) in [5.74, 6) is -0.306. The summed E-state index contributed by atoms with van der Waals surface area (Å²) in [4.78, 5) is 34.3. The molecule has 2 aliphatic carbocycles. The van der Waals surface area contributed by atoms with E-state index in [1.165, 1.54) is 12.3 Å². The molecule has 190 valence electrons. The van der Waals surface area contributed by atoms with Crippen molar-refractivity contribution in [3.8, 4) is 0 Å². The summed E-state index contributed by atoms with van der Waals surface area (Å²) in [5, 5.41) is 5.62. The molecule has 0 aliphatic heterocycles. The summed E-state index contributed by atoms with van der Waals surface area (Å²) >= 11 is 0. The smallest absolute Gasteiger partial charge is 0.354 e. The number of carbonyl (C=O) groups excluding carboxylic acids is 2. The monoisotopic (exact) mass is 506 g/mol. The van der Waals surface area contributed by atoms with Crippen LogP contribution >= 0.6 is 0 Å². The SMILES string of the molecule is Cc1ccc(Nc2ccc(CNC(=O)C3(CC(=O)c4cnc5c(c4)C=CC5)CC3)nc2)c(C(F)(F)F)c1. The number of alkyl halides is 3. The number of anilines is 2. The number of rotatable bonds is 8. The van der Waals surface area contributed by atoms with E-state index in [2.05, 4.69) is 20.6 Å². The second-order valence-corrected chi connectivity index (χ2v) is 9.64. The summed E-state index contributed by atoms with van der Waals surface area (Å²) < 4.78 is 40.1. The summed E-state index contributed by atoms with van der Waals surface area (Å²) in [6.45, 7) is 1.76. The Morgan fingerprint density at radius 3 is 2.57 bits per heavy atom. The lowest BCUT2D eigenvalue weighted by molar-refractivity contribution is -0.137. The van der Waals surface area contributed by atoms with E-state index in [1.807, 2.05) is 18.2 Å². The molecule has 0 saturated heterocycles. The van der Waals surface area contributed by atoms with E-state index in [0.717, 1.165) is 23.7 Å². The van der Waals surface area contributed by atoms with Gasteiger partial charge in [-0.25, -0.2) is 0 Å². The number of hydrogen-bond donors (Lipinski definition) is 2. The summed E-state index contributed by atoms with van der Waals surface area (Å²) in [6, 6.07) is 9.16. The molecule has 1 fully saturated rings. The molecule has 2 N–H and O–H groups in total. The maximum atomic E-state index is 13.4. The maximum absolute atomic E-state index is 13.4. The fourth-order valence-corrected chi connectivity index (χ4v) is 4.44. The summed E-state index contributed by atoms with van der Waals surface area (Å²) in [7, 11) is 0. The molecular formula is C28H25F3N4O2. The zero-order chi connectivity index (χ0) is 26.2. The molecule has 2 heterocycles. The van der Waals surface area contributed by atoms with Gasteiger partial charge < -0.3 is 10.6 Å². The van der Waals surface area contributed by atoms with Crippen LogP contribution in [0.1, 0.15) is 57.7 Å². The average Bonchev–Trinajstić information content (AvgIpc) is 3.49. The highest BCUT2D eigenvalue weighted by Crippen LogP contribution is 2.49. The van der Waals surface area contributed by atoms with Gasteiger partial charge in [-0.1, -0.05) is 23.8 Å². The maximum Gasteiger partial charge on any atom is 0.418 e. The Morgan fingerprint density at radius 2 is 1.86 bits per heavy atom. The van der Waals surface area contributed by atoms with Crippen LogP contribution in [0.2, 0.25) is 0 Å². The van der Waals surface area contributed by atoms with Gasteiger partial charge in [0.15, 0.2) is 5.78 Å². The minimum Gasteiger partial charge on any atom is -0.354 e. The Bertz CT molecular complexity index is 1390. The van der Waals surface area contributed by atoms with E-state index in [9.17, 15) is 22.8 Å². The number of carbonyl (C=O) groups is 2. The Labute approximate surface area is 212 Å². The second-order valence-electron chi connectivity index (χ2n) is 9.64. The molecule has 0 unspecified atom stereocenters. The number of benzene rings is 1. The van der Waals surface area contributed by atoms with E-state index in [4.69, 9.17) is 0 Å². The van der Waals surface area contributed by atoms with Gasteiger partial charge in [0.05, 0.1) is 46.5 Å². The van der Waals surface area contributed by atoms with Crippen molar-refractivity contribution in [3.05, 3.63) is 88.5 Å². The van der Waals surface area contributed by atoms with Crippen molar-refractivity contribution in [3.63, 3.8) is 0 Å². The van der Waals surface area contributed by atoms with E-state index in [-0.39, 0.29) is 30.3 Å². The molecule has 1 aromatic carbocycles. The van der Waals surface area contributed by atoms with Crippen LogP contribution in [0.15, 0.2) is 54.9 Å². The predicted molar refractivity (Wildman–Crippen MR) is 133 cm³/mol. The molecular weight excluding hydrogens is 481 g/mol. The number of ketones is 1. The topological polar surface area (TPSA) is 84.0 Å². The van der Waals surface area contributed by atoms with Crippen LogP contribution in [0, 0.1) is 12.3 Å². The number of allylic oxidation sites excluding steroid dienone is 1. The minimum absolute atomic E-state index is 0.0594. The third-order valence-electron chi connectivity index (χ3n) is 6.78. The number of nitrogens with one attached hydrogen (secondary N) is 2. The lowest BCUT2D eigenvalue weighted by atomic mass is 9.94. The van der Waals surface area contributed by atoms with Crippen molar-refractivity contribution in [2.75, 3.05) is 5.32 Å². The van der Waals surface area contributed by atoms with Crippen LogP contribution in [0.3, 0.4) is 0 Å². The number of amides is 1. The first-order chi connectivity index (χ1) is 17.6. The zero-order valence-electron chi connectivity index (χ0n) is 20.2. The lowest BCUT2D eigenvalue weighted by Gasteiger charge is -2.16. The third kappa shape index (κ3) is 5.40. The molecule has 0 spiro atoms. The predicted octanol–water partition coefficient (Wildman–Crippen LogP) is 5.79. The van der Waals surface area contributed by atoms with Crippen LogP contribution < -0.4 is 10.6 Å². The molecule has 5 rings (SSSR count). The van der Waals surface area contributed by atoms with Crippen LogP contribution in [-0.4, -0.2) is 21.7 Å². The number of pyridine rings is 2. The second kappa shape index (κ2) is 9.46. The summed E-state index contributed by atoms with van der Waals surface area (Å²) in [6.07, 6.45) is 4.63. The fourth-order valence-electron chi connectivity index (χ4n) is 4.44. The highest BCUT2D eigenvalue weighted by molar-refractivity contribution is 6.01. The van der Waals surface area contributed by atoms with Crippen molar-refractivity contribution in [2.45, 2.75) is 45.3 Å². The van der Waals surface area contributed by atoms with E-state index < -0.39 is 17.2 Å². The molecule has 9 heteroatoms. The quantitative estimate of drug-likeness (QED) is 0.378. The zero-order valence-corrected chi connectivity index (χ0v) is 20.2. The van der Waals surface area contributed by atoms with Crippen molar-refractivity contribution >= 4 is 29.1 Å². The van der Waals surface area contributed by atoms with Gasteiger partial charge in [-0.15, -0.1) is 0 Å². The number of aromatic nitrogens is 2. The number of aryl methyl sites for hydroxylation is 1. The molecule has 3 aromatic rings. The largest absolute Gasteiger partial charge is 0.418 e. The molecule has 0 atom stereocenters. The lowest BCUT2D eigenvalue weighted by Crippen LogP contribution is -2.33. The first-order valence-electron chi connectivity index (χ1n) is 12.0. The number of nitrogens with zero attached hydrogens (tertiary/aromatic N) is 2. The van der Waals surface area contributed by atoms with Crippen molar-refractivity contribution in [1.82, 2.24) is 15.3 Å². The molecule has 2 aliphatic rings. The van der Waals surface area contributed by atoms with Crippen LogP contribution in [-0.2, 0) is 23.9 Å². The number of hydrogen-bond acceptors (Lipinski definition) is 5. The average molecular weight is 507 g/mol. The number of fused-ring (bicyclic) bond motifs is 1. The standard InChI is InChI=1S/C28H25F3N4O2/c1-17-5-8-24(22(11-17)28(29,30)31)35-21-7-6-20(32-16-21)15-34-26(37)27(9-10-27)13-25(36)19-12-18-3-2-4-23(18)33-14-19/h2-3,5-8,11-12,14,16,35H,4,9-10,13,15H2,1H3,(H,34,37). The Balaban J connectivity index is 1.18. The first kappa shape index (κ1) is 24.7. The molecule has 0 bridgehead atoms. The van der Waals surface area contributed by atoms with Gasteiger partial charge >= 0.3 is 6.18 Å². The minimum atomic E-state index is -4.49. The van der Waals surface area contributed by atoms with E-state index in [0.29, 0.717) is 35.3 Å². The van der Waals surface area contributed by atoms with Crippen molar-refractivity contribution in [2.24, 2.45) is 5.41 Å². The van der Waals surface area contributed by atoms with Gasteiger partial charge in [0.1, 0.15) is 0 Å². The van der Waals surface area contributed by atoms with Crippen LogP contribution in [0.4, 0.5) is 24.5 Å².